The number of carbonyl (C=O) groups is 3. The van der Waals surface area contributed by atoms with E-state index in [2.05, 4.69) is 11.4 Å². The lowest BCUT2D eigenvalue weighted by molar-refractivity contribution is 0.0653. The summed E-state index contributed by atoms with van der Waals surface area (Å²) in [4.78, 5) is 40.2. The average molecular weight is 363 g/mol. The summed E-state index contributed by atoms with van der Waals surface area (Å²) in [6.45, 7) is 1.40. The van der Waals surface area contributed by atoms with Gasteiger partial charge in [0, 0.05) is 25.3 Å². The number of benzene rings is 2. The maximum Gasteiger partial charge on any atom is 0.321 e. The highest BCUT2D eigenvalue weighted by molar-refractivity contribution is 6.21. The fourth-order valence-electron chi connectivity index (χ4n) is 3.71. The Morgan fingerprint density at radius 1 is 0.963 bits per heavy atom. The standard InChI is InChI=1S/C21H21N3O3/c25-19-16-9-2-3-10-17(16)20(26)24(19)14-6-12-22-21(27)23-13-5-8-15-7-1-4-11-18(15)23/h1-4,7,9-11H,5-6,8,12-14H2,(H,22,27). The van der Waals surface area contributed by atoms with Crippen molar-refractivity contribution in [1.82, 2.24) is 10.2 Å². The van der Waals surface area contributed by atoms with Crippen LogP contribution in [0.1, 0.15) is 39.1 Å². The molecule has 1 N–H and O–H groups in total. The number of nitrogens with zero attached hydrogens (tertiary/aromatic N) is 2. The Hall–Kier alpha value is -3.15. The molecule has 4 rings (SSSR count). The third kappa shape index (κ3) is 3.18. The van der Waals surface area contributed by atoms with E-state index in [0.29, 0.717) is 37.2 Å². The first-order valence-electron chi connectivity index (χ1n) is 9.25. The van der Waals surface area contributed by atoms with Crippen LogP contribution in [0.2, 0.25) is 0 Å². The molecule has 0 atom stereocenters. The molecule has 2 aliphatic heterocycles. The molecule has 2 aliphatic rings. The quantitative estimate of drug-likeness (QED) is 0.671. The highest BCUT2D eigenvalue weighted by Gasteiger charge is 2.34. The number of urea groups is 1. The molecule has 0 aliphatic carbocycles. The number of para-hydroxylation sites is 1. The predicted molar refractivity (Wildman–Crippen MR) is 102 cm³/mol. The zero-order valence-electron chi connectivity index (χ0n) is 15.0. The number of fused-ring (bicyclic) bond motifs is 2. The minimum Gasteiger partial charge on any atom is -0.338 e. The lowest BCUT2D eigenvalue weighted by Crippen LogP contribution is -2.43. The maximum absolute atomic E-state index is 12.5. The average Bonchev–Trinajstić information content (AvgIpc) is 2.95. The van der Waals surface area contributed by atoms with Crippen molar-refractivity contribution >= 4 is 23.5 Å². The molecule has 0 fully saturated rings. The van der Waals surface area contributed by atoms with E-state index in [-0.39, 0.29) is 17.8 Å². The molecule has 2 aromatic rings. The summed E-state index contributed by atoms with van der Waals surface area (Å²) in [5.41, 5.74) is 3.06. The molecule has 6 nitrogen and oxygen atoms in total. The predicted octanol–water partition coefficient (Wildman–Crippen LogP) is 2.84. The van der Waals surface area contributed by atoms with Gasteiger partial charge >= 0.3 is 6.03 Å². The Balaban J connectivity index is 1.31. The number of aryl methyl sites for hydroxylation is 1. The van der Waals surface area contributed by atoms with Crippen LogP contribution in [0.25, 0.3) is 0 Å². The number of hydrogen-bond acceptors (Lipinski definition) is 3. The van der Waals surface area contributed by atoms with Gasteiger partial charge in [0.15, 0.2) is 0 Å². The first kappa shape index (κ1) is 17.3. The smallest absolute Gasteiger partial charge is 0.321 e. The molecular weight excluding hydrogens is 342 g/mol. The molecule has 138 valence electrons. The highest BCUT2D eigenvalue weighted by atomic mass is 16.2. The molecule has 0 spiro atoms. The third-order valence-corrected chi connectivity index (χ3v) is 5.07. The van der Waals surface area contributed by atoms with E-state index >= 15 is 0 Å². The van der Waals surface area contributed by atoms with Crippen molar-refractivity contribution in [2.45, 2.75) is 19.3 Å². The number of carbonyl (C=O) groups excluding carboxylic acids is 3. The summed E-state index contributed by atoms with van der Waals surface area (Å²) in [5, 5.41) is 2.91. The molecule has 0 saturated carbocycles. The number of amides is 4. The lowest BCUT2D eigenvalue weighted by atomic mass is 10.0. The molecule has 0 radical (unpaired) electrons. The number of rotatable bonds is 4. The van der Waals surface area contributed by atoms with Crippen molar-refractivity contribution in [1.29, 1.82) is 0 Å². The molecule has 27 heavy (non-hydrogen) atoms. The third-order valence-electron chi connectivity index (χ3n) is 5.07. The Bertz CT molecular complexity index is 874. The second-order valence-corrected chi connectivity index (χ2v) is 6.78. The van der Waals surface area contributed by atoms with Crippen molar-refractivity contribution in [3.63, 3.8) is 0 Å². The van der Waals surface area contributed by atoms with E-state index in [4.69, 9.17) is 0 Å². The van der Waals surface area contributed by atoms with Crippen LogP contribution in [0.4, 0.5) is 10.5 Å². The molecule has 2 aromatic carbocycles. The molecule has 0 aromatic heterocycles. The maximum atomic E-state index is 12.5. The number of hydrogen-bond donors (Lipinski definition) is 1. The topological polar surface area (TPSA) is 69.7 Å². The number of nitrogens with one attached hydrogen (secondary N) is 1. The first-order valence-corrected chi connectivity index (χ1v) is 9.25. The van der Waals surface area contributed by atoms with E-state index in [0.717, 1.165) is 18.5 Å². The molecule has 6 heteroatoms. The normalized spacial score (nSPS) is 15.6. The molecule has 4 amide bonds. The minimum atomic E-state index is -0.258. The van der Waals surface area contributed by atoms with Crippen molar-refractivity contribution in [3.8, 4) is 0 Å². The van der Waals surface area contributed by atoms with Gasteiger partial charge < -0.3 is 5.32 Å². The Labute approximate surface area is 157 Å². The van der Waals surface area contributed by atoms with Gasteiger partial charge in [-0.1, -0.05) is 30.3 Å². The van der Waals surface area contributed by atoms with Gasteiger partial charge in [-0.05, 0) is 43.0 Å². The van der Waals surface area contributed by atoms with E-state index in [1.807, 2.05) is 18.2 Å². The van der Waals surface area contributed by atoms with E-state index in [9.17, 15) is 14.4 Å². The largest absolute Gasteiger partial charge is 0.338 e. The highest BCUT2D eigenvalue weighted by Crippen LogP contribution is 2.26. The van der Waals surface area contributed by atoms with Crippen LogP contribution in [-0.2, 0) is 6.42 Å². The van der Waals surface area contributed by atoms with E-state index in [1.54, 1.807) is 29.2 Å². The Morgan fingerprint density at radius 2 is 1.63 bits per heavy atom. The lowest BCUT2D eigenvalue weighted by Gasteiger charge is -2.29. The summed E-state index contributed by atoms with van der Waals surface area (Å²) < 4.78 is 0. The summed E-state index contributed by atoms with van der Waals surface area (Å²) in [7, 11) is 0. The number of imide groups is 1. The van der Waals surface area contributed by atoms with Gasteiger partial charge in [0.1, 0.15) is 0 Å². The zero-order valence-corrected chi connectivity index (χ0v) is 15.0. The van der Waals surface area contributed by atoms with Gasteiger partial charge in [-0.3, -0.25) is 19.4 Å². The second-order valence-electron chi connectivity index (χ2n) is 6.78. The van der Waals surface area contributed by atoms with Crippen molar-refractivity contribution in [2.24, 2.45) is 0 Å². The minimum absolute atomic E-state index is 0.135. The molecule has 0 bridgehead atoms. The Morgan fingerprint density at radius 3 is 2.37 bits per heavy atom. The molecule has 2 heterocycles. The van der Waals surface area contributed by atoms with Gasteiger partial charge in [-0.25, -0.2) is 4.79 Å². The van der Waals surface area contributed by atoms with Gasteiger partial charge in [0.25, 0.3) is 11.8 Å². The van der Waals surface area contributed by atoms with Crippen LogP contribution in [0, 0.1) is 0 Å². The van der Waals surface area contributed by atoms with Gasteiger partial charge in [0.2, 0.25) is 0 Å². The van der Waals surface area contributed by atoms with Crippen molar-refractivity contribution in [3.05, 3.63) is 65.2 Å². The summed E-state index contributed by atoms with van der Waals surface area (Å²) in [5.74, 6) is -0.515. The summed E-state index contributed by atoms with van der Waals surface area (Å²) in [6, 6.07) is 14.7. The molecule has 0 saturated heterocycles. The molecule has 0 unspecified atom stereocenters. The van der Waals surface area contributed by atoms with Gasteiger partial charge in [-0.15, -0.1) is 0 Å². The number of anilines is 1. The van der Waals surface area contributed by atoms with Crippen LogP contribution in [0.15, 0.2) is 48.5 Å². The van der Waals surface area contributed by atoms with Crippen LogP contribution in [0.3, 0.4) is 0 Å². The SMILES string of the molecule is O=C1c2ccccc2C(=O)N1CCCNC(=O)N1CCCc2ccccc21. The van der Waals surface area contributed by atoms with Crippen molar-refractivity contribution in [2.75, 3.05) is 24.5 Å². The van der Waals surface area contributed by atoms with Crippen LogP contribution in [-0.4, -0.2) is 42.4 Å². The van der Waals surface area contributed by atoms with E-state index < -0.39 is 0 Å². The van der Waals surface area contributed by atoms with E-state index in [1.165, 1.54) is 10.5 Å². The van der Waals surface area contributed by atoms with Crippen LogP contribution >= 0.6 is 0 Å². The first-order chi connectivity index (χ1) is 13.2. The van der Waals surface area contributed by atoms with Crippen LogP contribution < -0.4 is 10.2 Å². The summed E-state index contributed by atoms with van der Waals surface area (Å²) in [6.07, 6.45) is 2.45. The van der Waals surface area contributed by atoms with Crippen LogP contribution in [0.5, 0.6) is 0 Å². The fraction of sp³-hybridized carbons (Fsp3) is 0.286. The van der Waals surface area contributed by atoms with Crippen molar-refractivity contribution < 1.29 is 14.4 Å². The Kier molecular flexibility index (Phi) is 4.62. The fourth-order valence-corrected chi connectivity index (χ4v) is 3.71. The van der Waals surface area contributed by atoms with Gasteiger partial charge in [-0.2, -0.15) is 0 Å². The zero-order chi connectivity index (χ0) is 18.8. The monoisotopic (exact) mass is 363 g/mol. The second kappa shape index (κ2) is 7.23. The molecular formula is C21H21N3O3. The van der Waals surface area contributed by atoms with Gasteiger partial charge in [0.05, 0.1) is 11.1 Å². The summed E-state index contributed by atoms with van der Waals surface area (Å²) >= 11 is 0.